The lowest BCUT2D eigenvalue weighted by Gasteiger charge is -2.14. The topological polar surface area (TPSA) is 38.1 Å². The molecule has 0 aliphatic carbocycles. The van der Waals surface area contributed by atoms with E-state index in [1.807, 2.05) is 36.6 Å². The standard InChI is InChI=1S/C14H18ClN3O/c1-9-6-5-7-11-13(9)16-14(10(2)15)18(11)8-12(19)17(3)4/h5-7,10H,8H2,1-4H3. The van der Waals surface area contributed by atoms with E-state index in [0.717, 1.165) is 22.4 Å². The highest BCUT2D eigenvalue weighted by atomic mass is 35.5. The number of aryl methyl sites for hydroxylation is 1. The number of halogens is 1. The zero-order valence-corrected chi connectivity index (χ0v) is 12.4. The lowest BCUT2D eigenvalue weighted by molar-refractivity contribution is -0.129. The Morgan fingerprint density at radius 3 is 2.74 bits per heavy atom. The third-order valence-electron chi connectivity index (χ3n) is 3.16. The van der Waals surface area contributed by atoms with Crippen molar-refractivity contribution in [2.45, 2.75) is 25.8 Å². The van der Waals surface area contributed by atoms with Gasteiger partial charge in [0.05, 0.1) is 16.4 Å². The van der Waals surface area contributed by atoms with Crippen LogP contribution in [0.1, 0.15) is 23.7 Å². The fraction of sp³-hybridized carbons (Fsp3) is 0.429. The van der Waals surface area contributed by atoms with E-state index in [2.05, 4.69) is 4.98 Å². The molecule has 0 fully saturated rings. The summed E-state index contributed by atoms with van der Waals surface area (Å²) < 4.78 is 1.91. The van der Waals surface area contributed by atoms with Crippen LogP contribution < -0.4 is 0 Å². The van der Waals surface area contributed by atoms with Gasteiger partial charge in [-0.3, -0.25) is 4.79 Å². The molecule has 0 saturated carbocycles. The zero-order chi connectivity index (χ0) is 14.2. The molecule has 0 bridgehead atoms. The molecule has 0 aliphatic heterocycles. The first-order valence-corrected chi connectivity index (χ1v) is 6.65. The fourth-order valence-electron chi connectivity index (χ4n) is 2.05. The number of para-hydroxylation sites is 1. The second-order valence-electron chi connectivity index (χ2n) is 4.90. The van der Waals surface area contributed by atoms with E-state index in [-0.39, 0.29) is 17.8 Å². The molecule has 1 unspecified atom stereocenters. The van der Waals surface area contributed by atoms with Gasteiger partial charge in [0.2, 0.25) is 5.91 Å². The van der Waals surface area contributed by atoms with Crippen LogP contribution in [0.3, 0.4) is 0 Å². The van der Waals surface area contributed by atoms with Gasteiger partial charge in [-0.25, -0.2) is 4.98 Å². The number of hydrogen-bond donors (Lipinski definition) is 0. The van der Waals surface area contributed by atoms with Gasteiger partial charge in [0.15, 0.2) is 0 Å². The van der Waals surface area contributed by atoms with Gasteiger partial charge in [0, 0.05) is 14.1 Å². The summed E-state index contributed by atoms with van der Waals surface area (Å²) in [5.41, 5.74) is 2.96. The maximum Gasteiger partial charge on any atom is 0.242 e. The van der Waals surface area contributed by atoms with Crippen molar-refractivity contribution in [3.05, 3.63) is 29.6 Å². The molecule has 1 aromatic carbocycles. The number of benzene rings is 1. The number of imidazole rings is 1. The molecule has 1 aromatic heterocycles. The van der Waals surface area contributed by atoms with E-state index < -0.39 is 0 Å². The van der Waals surface area contributed by atoms with Crippen molar-refractivity contribution in [1.82, 2.24) is 14.5 Å². The average molecular weight is 280 g/mol. The van der Waals surface area contributed by atoms with Crippen molar-refractivity contribution in [3.63, 3.8) is 0 Å². The Morgan fingerprint density at radius 2 is 2.16 bits per heavy atom. The van der Waals surface area contributed by atoms with Crippen LogP contribution in [0.5, 0.6) is 0 Å². The molecule has 102 valence electrons. The largest absolute Gasteiger partial charge is 0.347 e. The number of hydrogen-bond acceptors (Lipinski definition) is 2. The number of carbonyl (C=O) groups is 1. The summed E-state index contributed by atoms with van der Waals surface area (Å²) in [5.74, 6) is 0.764. The molecule has 1 amide bonds. The first-order valence-electron chi connectivity index (χ1n) is 6.21. The second-order valence-corrected chi connectivity index (χ2v) is 5.56. The Balaban J connectivity index is 2.59. The summed E-state index contributed by atoms with van der Waals surface area (Å²) >= 11 is 6.19. The number of carbonyl (C=O) groups excluding carboxylic acids is 1. The Bertz CT molecular complexity index is 616. The molecule has 2 rings (SSSR count). The minimum absolute atomic E-state index is 0.0272. The molecule has 0 aliphatic rings. The molecular weight excluding hydrogens is 262 g/mol. The maximum absolute atomic E-state index is 11.9. The van der Waals surface area contributed by atoms with E-state index in [9.17, 15) is 4.79 Å². The normalized spacial score (nSPS) is 12.7. The van der Waals surface area contributed by atoms with Gasteiger partial charge < -0.3 is 9.47 Å². The summed E-state index contributed by atoms with van der Waals surface area (Å²) in [7, 11) is 3.49. The SMILES string of the molecule is Cc1cccc2c1nc(C(C)Cl)n2CC(=O)N(C)C. The van der Waals surface area contributed by atoms with Gasteiger partial charge >= 0.3 is 0 Å². The van der Waals surface area contributed by atoms with Gasteiger partial charge in [-0.05, 0) is 25.5 Å². The first-order chi connectivity index (χ1) is 8.91. The van der Waals surface area contributed by atoms with E-state index in [1.54, 1.807) is 19.0 Å². The first kappa shape index (κ1) is 13.9. The monoisotopic (exact) mass is 279 g/mol. The average Bonchev–Trinajstić information content (AvgIpc) is 2.70. The van der Waals surface area contributed by atoms with Crippen LogP contribution in [0.25, 0.3) is 11.0 Å². The molecule has 4 nitrogen and oxygen atoms in total. The Labute approximate surface area is 118 Å². The second kappa shape index (κ2) is 5.21. The van der Waals surface area contributed by atoms with E-state index in [4.69, 9.17) is 11.6 Å². The Morgan fingerprint density at radius 1 is 1.47 bits per heavy atom. The van der Waals surface area contributed by atoms with Crippen molar-refractivity contribution in [3.8, 4) is 0 Å². The van der Waals surface area contributed by atoms with Crippen LogP contribution in [0.4, 0.5) is 0 Å². The van der Waals surface area contributed by atoms with Gasteiger partial charge in [0.25, 0.3) is 0 Å². The maximum atomic E-state index is 11.9. The summed E-state index contributed by atoms with van der Waals surface area (Å²) in [4.78, 5) is 18.1. The number of likely N-dealkylation sites (N-methyl/N-ethyl adjacent to an activating group) is 1. The van der Waals surface area contributed by atoms with Crippen LogP contribution in [-0.4, -0.2) is 34.5 Å². The highest BCUT2D eigenvalue weighted by molar-refractivity contribution is 6.20. The van der Waals surface area contributed by atoms with Crippen LogP contribution in [0.15, 0.2) is 18.2 Å². The van der Waals surface area contributed by atoms with Gasteiger partial charge in [-0.2, -0.15) is 0 Å². The highest BCUT2D eigenvalue weighted by Crippen LogP contribution is 2.26. The van der Waals surface area contributed by atoms with Crippen molar-refractivity contribution in [2.75, 3.05) is 14.1 Å². The van der Waals surface area contributed by atoms with E-state index in [1.165, 1.54) is 0 Å². The number of rotatable bonds is 3. The molecule has 19 heavy (non-hydrogen) atoms. The molecule has 5 heteroatoms. The van der Waals surface area contributed by atoms with Gasteiger partial charge in [-0.15, -0.1) is 11.6 Å². The molecule has 1 atom stereocenters. The minimum Gasteiger partial charge on any atom is -0.347 e. The highest BCUT2D eigenvalue weighted by Gasteiger charge is 2.18. The quantitative estimate of drug-likeness (QED) is 0.810. The van der Waals surface area contributed by atoms with Crippen molar-refractivity contribution >= 4 is 28.5 Å². The Kier molecular flexibility index (Phi) is 3.80. The lowest BCUT2D eigenvalue weighted by Crippen LogP contribution is -2.27. The van der Waals surface area contributed by atoms with Crippen LogP contribution in [-0.2, 0) is 11.3 Å². The predicted molar refractivity (Wildman–Crippen MR) is 77.4 cm³/mol. The zero-order valence-electron chi connectivity index (χ0n) is 11.6. The number of aromatic nitrogens is 2. The number of nitrogens with zero attached hydrogens (tertiary/aromatic N) is 3. The lowest BCUT2D eigenvalue weighted by atomic mass is 10.2. The number of fused-ring (bicyclic) bond motifs is 1. The van der Waals surface area contributed by atoms with Crippen molar-refractivity contribution in [1.29, 1.82) is 0 Å². The molecule has 2 aromatic rings. The van der Waals surface area contributed by atoms with Crippen molar-refractivity contribution < 1.29 is 4.79 Å². The van der Waals surface area contributed by atoms with E-state index >= 15 is 0 Å². The summed E-state index contributed by atoms with van der Waals surface area (Å²) in [6, 6.07) is 5.95. The third kappa shape index (κ3) is 2.59. The fourth-order valence-corrected chi connectivity index (χ4v) is 2.22. The minimum atomic E-state index is -0.234. The third-order valence-corrected chi connectivity index (χ3v) is 3.35. The molecule has 0 spiro atoms. The molecular formula is C14H18ClN3O. The van der Waals surface area contributed by atoms with Gasteiger partial charge in [-0.1, -0.05) is 12.1 Å². The van der Waals surface area contributed by atoms with Crippen LogP contribution >= 0.6 is 11.6 Å². The molecule has 1 heterocycles. The number of alkyl halides is 1. The summed E-state index contributed by atoms with van der Waals surface area (Å²) in [6.07, 6.45) is 0. The Hall–Kier alpha value is -1.55. The predicted octanol–water partition coefficient (Wildman–Crippen LogP) is 2.73. The summed E-state index contributed by atoms with van der Waals surface area (Å²) in [5, 5.41) is -0.234. The van der Waals surface area contributed by atoms with Gasteiger partial charge in [0.1, 0.15) is 12.4 Å². The smallest absolute Gasteiger partial charge is 0.242 e. The van der Waals surface area contributed by atoms with Crippen molar-refractivity contribution in [2.24, 2.45) is 0 Å². The molecule has 0 saturated heterocycles. The number of amides is 1. The molecule has 0 N–H and O–H groups in total. The summed E-state index contributed by atoms with van der Waals surface area (Å²) in [6.45, 7) is 4.14. The van der Waals surface area contributed by atoms with Crippen LogP contribution in [0, 0.1) is 6.92 Å². The van der Waals surface area contributed by atoms with Crippen LogP contribution in [0.2, 0.25) is 0 Å². The molecule has 0 radical (unpaired) electrons. The van der Waals surface area contributed by atoms with E-state index in [0.29, 0.717) is 0 Å².